The molecule has 7 nitrogen and oxygen atoms in total. The number of hydrogen-bond acceptors (Lipinski definition) is 5. The summed E-state index contributed by atoms with van der Waals surface area (Å²) < 4.78 is 27.1. The van der Waals surface area contributed by atoms with Crippen molar-refractivity contribution in [1.82, 2.24) is 19.0 Å². The Kier molecular flexibility index (Phi) is 7.25. The Labute approximate surface area is 191 Å². The lowest BCUT2D eigenvalue weighted by Crippen LogP contribution is -2.57. The molecular formula is C24H32N4O3S. The van der Waals surface area contributed by atoms with Crippen LogP contribution in [0, 0.1) is 0 Å². The molecule has 2 aromatic rings. The summed E-state index contributed by atoms with van der Waals surface area (Å²) in [6, 6.07) is 18.8. The van der Waals surface area contributed by atoms with E-state index in [2.05, 4.69) is 34.1 Å². The molecule has 2 heterocycles. The molecule has 2 aliphatic rings. The monoisotopic (exact) mass is 456 g/mol. The zero-order chi connectivity index (χ0) is 22.6. The number of carbonyl (C=O) groups is 1. The lowest BCUT2D eigenvalue weighted by Gasteiger charge is -2.40. The van der Waals surface area contributed by atoms with E-state index in [1.807, 2.05) is 17.9 Å². The maximum Gasteiger partial charge on any atom is 0.243 e. The number of nitrogens with zero attached hydrogens (tertiary/aromatic N) is 4. The summed E-state index contributed by atoms with van der Waals surface area (Å²) in [5.74, 6) is 0.0956. The zero-order valence-corrected chi connectivity index (χ0v) is 19.5. The van der Waals surface area contributed by atoms with Crippen LogP contribution < -0.4 is 0 Å². The van der Waals surface area contributed by atoms with Gasteiger partial charge in [-0.15, -0.1) is 0 Å². The quantitative estimate of drug-likeness (QED) is 0.663. The van der Waals surface area contributed by atoms with Gasteiger partial charge in [0.15, 0.2) is 0 Å². The van der Waals surface area contributed by atoms with Crippen molar-refractivity contribution >= 4 is 15.9 Å². The number of hydrogen-bond donors (Lipinski definition) is 0. The molecule has 0 N–H and O–H groups in total. The van der Waals surface area contributed by atoms with Gasteiger partial charge in [0.05, 0.1) is 10.9 Å². The van der Waals surface area contributed by atoms with Crippen LogP contribution in [0.4, 0.5) is 0 Å². The van der Waals surface area contributed by atoms with Crippen molar-refractivity contribution in [3.8, 4) is 0 Å². The van der Waals surface area contributed by atoms with Crippen LogP contribution >= 0.6 is 0 Å². The number of rotatable bonds is 6. The minimum Gasteiger partial charge on any atom is -0.339 e. The number of sulfonamides is 1. The van der Waals surface area contributed by atoms with Crippen LogP contribution in [-0.2, 0) is 21.4 Å². The molecule has 2 aromatic carbocycles. The first kappa shape index (κ1) is 22.9. The van der Waals surface area contributed by atoms with E-state index in [-0.39, 0.29) is 11.9 Å². The van der Waals surface area contributed by atoms with E-state index >= 15 is 0 Å². The van der Waals surface area contributed by atoms with Gasteiger partial charge in [-0.25, -0.2) is 8.42 Å². The normalized spacial score (nSPS) is 20.2. The zero-order valence-electron chi connectivity index (χ0n) is 18.6. The van der Waals surface area contributed by atoms with Gasteiger partial charge >= 0.3 is 0 Å². The fraction of sp³-hybridized carbons (Fsp3) is 0.458. The Balaban J connectivity index is 1.26. The van der Waals surface area contributed by atoms with Gasteiger partial charge in [0, 0.05) is 58.9 Å². The highest BCUT2D eigenvalue weighted by Gasteiger charge is 2.33. The van der Waals surface area contributed by atoms with Gasteiger partial charge < -0.3 is 4.90 Å². The molecule has 0 aliphatic carbocycles. The van der Waals surface area contributed by atoms with Crippen molar-refractivity contribution in [2.75, 3.05) is 52.4 Å². The molecule has 1 unspecified atom stereocenters. The Bertz CT molecular complexity index is 984. The SMILES string of the molecule is CC(C(=O)N1CCN(S(=O)(=O)c2ccccc2)CC1)N1CCN(Cc2ccccc2)CC1. The largest absolute Gasteiger partial charge is 0.339 e. The van der Waals surface area contributed by atoms with Crippen LogP contribution in [0.25, 0.3) is 0 Å². The summed E-state index contributed by atoms with van der Waals surface area (Å²) in [5.41, 5.74) is 1.31. The van der Waals surface area contributed by atoms with Gasteiger partial charge in [-0.1, -0.05) is 48.5 Å². The molecule has 4 rings (SSSR count). The van der Waals surface area contributed by atoms with E-state index in [0.29, 0.717) is 31.1 Å². The highest BCUT2D eigenvalue weighted by atomic mass is 32.2. The first-order valence-electron chi connectivity index (χ1n) is 11.3. The molecule has 172 valence electrons. The van der Waals surface area contributed by atoms with Gasteiger partial charge in [0.2, 0.25) is 15.9 Å². The van der Waals surface area contributed by atoms with E-state index in [0.717, 1.165) is 32.7 Å². The molecular weight excluding hydrogens is 424 g/mol. The van der Waals surface area contributed by atoms with E-state index in [9.17, 15) is 13.2 Å². The van der Waals surface area contributed by atoms with Crippen LogP contribution in [0.5, 0.6) is 0 Å². The van der Waals surface area contributed by atoms with Crippen molar-refractivity contribution < 1.29 is 13.2 Å². The third kappa shape index (κ3) is 5.20. The first-order chi connectivity index (χ1) is 15.4. The van der Waals surface area contributed by atoms with Crippen molar-refractivity contribution in [3.05, 3.63) is 66.2 Å². The third-order valence-electron chi connectivity index (χ3n) is 6.49. The molecule has 2 aliphatic heterocycles. The molecule has 0 saturated carbocycles. The molecule has 2 fully saturated rings. The molecule has 2 saturated heterocycles. The summed E-state index contributed by atoms with van der Waals surface area (Å²) >= 11 is 0. The first-order valence-corrected chi connectivity index (χ1v) is 12.7. The second-order valence-corrected chi connectivity index (χ2v) is 10.5. The Morgan fingerprint density at radius 1 is 0.812 bits per heavy atom. The molecule has 0 spiro atoms. The van der Waals surface area contributed by atoms with Crippen molar-refractivity contribution in [3.63, 3.8) is 0 Å². The van der Waals surface area contributed by atoms with Gasteiger partial charge in [-0.3, -0.25) is 14.6 Å². The van der Waals surface area contributed by atoms with E-state index < -0.39 is 10.0 Å². The molecule has 8 heteroatoms. The predicted octanol–water partition coefficient (Wildman–Crippen LogP) is 1.73. The summed E-state index contributed by atoms with van der Waals surface area (Å²) in [7, 11) is -3.50. The van der Waals surface area contributed by atoms with Crippen molar-refractivity contribution in [2.45, 2.75) is 24.4 Å². The fourth-order valence-electron chi connectivity index (χ4n) is 4.46. The molecule has 1 amide bonds. The molecule has 32 heavy (non-hydrogen) atoms. The summed E-state index contributed by atoms with van der Waals surface area (Å²) in [5, 5.41) is 0. The Hall–Kier alpha value is -2.26. The minimum atomic E-state index is -3.50. The molecule has 1 atom stereocenters. The van der Waals surface area contributed by atoms with Crippen LogP contribution in [0.1, 0.15) is 12.5 Å². The third-order valence-corrected chi connectivity index (χ3v) is 8.41. The summed E-state index contributed by atoms with van der Waals surface area (Å²) in [4.78, 5) is 19.9. The molecule has 0 bridgehead atoms. The van der Waals surface area contributed by atoms with Gasteiger partial charge in [0.1, 0.15) is 0 Å². The van der Waals surface area contributed by atoms with Gasteiger partial charge in [-0.2, -0.15) is 4.31 Å². The van der Waals surface area contributed by atoms with Gasteiger partial charge in [0.25, 0.3) is 0 Å². The van der Waals surface area contributed by atoms with Gasteiger partial charge in [-0.05, 0) is 24.6 Å². The van der Waals surface area contributed by atoms with E-state index in [1.54, 1.807) is 30.3 Å². The molecule has 0 aromatic heterocycles. The van der Waals surface area contributed by atoms with Crippen molar-refractivity contribution in [1.29, 1.82) is 0 Å². The minimum absolute atomic E-state index is 0.0956. The standard InChI is InChI=1S/C24H32N4O3S/c1-21(26-14-12-25(13-15-26)20-22-8-4-2-5-9-22)24(29)27-16-18-28(19-17-27)32(30,31)23-10-6-3-7-11-23/h2-11,21H,12-20H2,1H3. The lowest BCUT2D eigenvalue weighted by atomic mass is 10.1. The van der Waals surface area contributed by atoms with Crippen LogP contribution in [0.3, 0.4) is 0 Å². The lowest BCUT2D eigenvalue weighted by molar-refractivity contribution is -0.138. The van der Waals surface area contributed by atoms with Crippen molar-refractivity contribution in [2.24, 2.45) is 0 Å². The fourth-order valence-corrected chi connectivity index (χ4v) is 5.90. The van der Waals surface area contributed by atoms with Crippen LogP contribution in [0.2, 0.25) is 0 Å². The van der Waals surface area contributed by atoms with E-state index in [1.165, 1.54) is 9.87 Å². The Morgan fingerprint density at radius 2 is 1.38 bits per heavy atom. The van der Waals surface area contributed by atoms with E-state index in [4.69, 9.17) is 0 Å². The van der Waals surface area contributed by atoms with Crippen LogP contribution in [0.15, 0.2) is 65.6 Å². The number of amides is 1. The second kappa shape index (κ2) is 10.1. The maximum absolute atomic E-state index is 13.1. The number of piperazine rings is 2. The maximum atomic E-state index is 13.1. The highest BCUT2D eigenvalue weighted by Crippen LogP contribution is 2.18. The summed E-state index contributed by atoms with van der Waals surface area (Å²) in [6.45, 7) is 8.06. The average Bonchev–Trinajstić information content (AvgIpc) is 2.85. The van der Waals surface area contributed by atoms with Crippen LogP contribution in [-0.4, -0.2) is 91.7 Å². The predicted molar refractivity (Wildman–Crippen MR) is 125 cm³/mol. The highest BCUT2D eigenvalue weighted by molar-refractivity contribution is 7.89. The second-order valence-electron chi connectivity index (χ2n) is 8.52. The smallest absolute Gasteiger partial charge is 0.243 e. The molecule has 0 radical (unpaired) electrons. The summed E-state index contributed by atoms with van der Waals surface area (Å²) in [6.07, 6.45) is 0. The number of benzene rings is 2. The topological polar surface area (TPSA) is 64.2 Å². The number of carbonyl (C=O) groups excluding carboxylic acids is 1. The average molecular weight is 457 g/mol. The Morgan fingerprint density at radius 3 is 1.97 bits per heavy atom.